The van der Waals surface area contributed by atoms with E-state index in [-0.39, 0.29) is 23.2 Å². The molecule has 1 aromatic carbocycles. The van der Waals surface area contributed by atoms with Crippen LogP contribution in [0.15, 0.2) is 34.9 Å². The van der Waals surface area contributed by atoms with Crippen LogP contribution < -0.4 is 5.32 Å². The summed E-state index contributed by atoms with van der Waals surface area (Å²) in [7, 11) is -3.04. The van der Waals surface area contributed by atoms with Gasteiger partial charge in [0, 0.05) is 22.7 Å². The van der Waals surface area contributed by atoms with Gasteiger partial charge in [-0.1, -0.05) is 16.8 Å². The normalized spacial score (nSPS) is 20.0. The number of sulfone groups is 1. The van der Waals surface area contributed by atoms with E-state index in [1.54, 1.807) is 24.3 Å². The molecule has 0 unspecified atom stereocenters. The van der Waals surface area contributed by atoms with Crippen LogP contribution in [0.3, 0.4) is 0 Å². The molecule has 1 aliphatic rings. The molecule has 22 heavy (non-hydrogen) atoms. The van der Waals surface area contributed by atoms with Gasteiger partial charge in [-0.15, -0.1) is 0 Å². The van der Waals surface area contributed by atoms with Crippen molar-refractivity contribution in [3.63, 3.8) is 0 Å². The maximum atomic E-state index is 12.1. The summed E-state index contributed by atoms with van der Waals surface area (Å²) in [4.78, 5) is 12.1. The third-order valence-electron chi connectivity index (χ3n) is 3.44. The van der Waals surface area contributed by atoms with Gasteiger partial charge in [0.15, 0.2) is 21.3 Å². The van der Waals surface area contributed by atoms with Crippen molar-refractivity contribution in [1.29, 1.82) is 0 Å². The molecule has 1 amide bonds. The van der Waals surface area contributed by atoms with Crippen LogP contribution in [0.1, 0.15) is 16.9 Å². The number of carbonyl (C=O) groups is 1. The fourth-order valence-corrected chi connectivity index (χ4v) is 4.10. The number of nitrogens with one attached hydrogen (secondary N) is 1. The van der Waals surface area contributed by atoms with E-state index in [1.807, 2.05) is 0 Å². The molecular weight excluding hydrogens is 328 g/mol. The van der Waals surface area contributed by atoms with Crippen molar-refractivity contribution < 1.29 is 17.7 Å². The average Bonchev–Trinajstić information content (AvgIpc) is 3.06. The van der Waals surface area contributed by atoms with Crippen LogP contribution in [-0.4, -0.2) is 37.0 Å². The number of hydrogen-bond acceptors (Lipinski definition) is 5. The Kier molecular flexibility index (Phi) is 3.92. The second-order valence-corrected chi connectivity index (χ2v) is 7.82. The minimum atomic E-state index is -3.04. The first kappa shape index (κ1) is 15.1. The number of hydrogen-bond donors (Lipinski definition) is 1. The second-order valence-electron chi connectivity index (χ2n) is 5.16. The van der Waals surface area contributed by atoms with Crippen LogP contribution >= 0.6 is 11.6 Å². The zero-order valence-corrected chi connectivity index (χ0v) is 13.0. The fraction of sp³-hybridized carbons (Fsp3) is 0.286. The summed E-state index contributed by atoms with van der Waals surface area (Å²) in [5, 5.41) is 6.99. The van der Waals surface area contributed by atoms with E-state index in [0.29, 0.717) is 17.2 Å². The number of halogens is 1. The Morgan fingerprint density at radius 2 is 2.05 bits per heavy atom. The van der Waals surface area contributed by atoms with E-state index >= 15 is 0 Å². The van der Waals surface area contributed by atoms with Crippen LogP contribution in [0.4, 0.5) is 0 Å². The number of rotatable bonds is 3. The molecule has 0 saturated carbocycles. The highest BCUT2D eigenvalue weighted by Gasteiger charge is 2.29. The Morgan fingerprint density at radius 3 is 2.68 bits per heavy atom. The van der Waals surface area contributed by atoms with Gasteiger partial charge in [-0.25, -0.2) is 8.42 Å². The van der Waals surface area contributed by atoms with E-state index < -0.39 is 15.7 Å². The van der Waals surface area contributed by atoms with Crippen molar-refractivity contribution >= 4 is 27.3 Å². The molecule has 0 spiro atoms. The van der Waals surface area contributed by atoms with Gasteiger partial charge in [-0.05, 0) is 30.7 Å². The van der Waals surface area contributed by atoms with Gasteiger partial charge in [0.05, 0.1) is 11.5 Å². The summed E-state index contributed by atoms with van der Waals surface area (Å²) >= 11 is 5.81. The lowest BCUT2D eigenvalue weighted by Crippen LogP contribution is -2.35. The highest BCUT2D eigenvalue weighted by Crippen LogP contribution is 2.22. The first-order valence-electron chi connectivity index (χ1n) is 6.67. The summed E-state index contributed by atoms with van der Waals surface area (Å²) in [5.74, 6) is 0.0832. The number of nitrogens with zero attached hydrogens (tertiary/aromatic N) is 1. The summed E-state index contributed by atoms with van der Waals surface area (Å²) in [6.07, 6.45) is 0.427. The van der Waals surface area contributed by atoms with Gasteiger partial charge in [-0.3, -0.25) is 4.79 Å². The minimum Gasteiger partial charge on any atom is -0.355 e. The van der Waals surface area contributed by atoms with Gasteiger partial charge in [0.25, 0.3) is 5.91 Å². The molecule has 1 aliphatic heterocycles. The zero-order valence-electron chi connectivity index (χ0n) is 11.5. The van der Waals surface area contributed by atoms with Crippen LogP contribution in [-0.2, 0) is 9.84 Å². The number of carbonyl (C=O) groups excluding carboxylic acids is 1. The van der Waals surface area contributed by atoms with Crippen molar-refractivity contribution in [3.05, 3.63) is 41.0 Å². The molecule has 0 bridgehead atoms. The predicted molar refractivity (Wildman–Crippen MR) is 81.5 cm³/mol. The molecule has 6 nitrogen and oxygen atoms in total. The number of aromatic nitrogens is 1. The SMILES string of the molecule is O=C(N[C@@H]1CCS(=O)(=O)C1)c1cc(-c2ccc(Cl)cc2)on1. The molecule has 1 atom stereocenters. The van der Waals surface area contributed by atoms with Crippen molar-refractivity contribution in [2.24, 2.45) is 0 Å². The molecule has 116 valence electrons. The van der Waals surface area contributed by atoms with Gasteiger partial charge in [0.2, 0.25) is 0 Å². The maximum absolute atomic E-state index is 12.1. The number of benzene rings is 1. The van der Waals surface area contributed by atoms with E-state index in [2.05, 4.69) is 10.5 Å². The molecule has 2 aromatic rings. The molecule has 8 heteroatoms. The Hall–Kier alpha value is -1.86. The average molecular weight is 341 g/mol. The summed E-state index contributed by atoms with van der Waals surface area (Å²) < 4.78 is 27.9. The Labute approximate surface area is 132 Å². The minimum absolute atomic E-state index is 0.0271. The molecule has 2 heterocycles. The molecule has 0 aliphatic carbocycles. The van der Waals surface area contributed by atoms with Crippen molar-refractivity contribution in [1.82, 2.24) is 10.5 Å². The fourth-order valence-electron chi connectivity index (χ4n) is 2.30. The highest BCUT2D eigenvalue weighted by atomic mass is 35.5. The quantitative estimate of drug-likeness (QED) is 0.921. The molecule has 1 saturated heterocycles. The van der Waals surface area contributed by atoms with Crippen LogP contribution in [0.25, 0.3) is 11.3 Å². The summed E-state index contributed by atoms with van der Waals surface area (Å²) in [6.45, 7) is 0. The lowest BCUT2D eigenvalue weighted by molar-refractivity contribution is 0.0932. The van der Waals surface area contributed by atoms with Crippen LogP contribution in [0.2, 0.25) is 5.02 Å². The van der Waals surface area contributed by atoms with Gasteiger partial charge >= 0.3 is 0 Å². The molecule has 1 fully saturated rings. The highest BCUT2D eigenvalue weighted by molar-refractivity contribution is 7.91. The zero-order chi connectivity index (χ0) is 15.7. The maximum Gasteiger partial charge on any atom is 0.273 e. The van der Waals surface area contributed by atoms with Crippen molar-refractivity contribution in [3.8, 4) is 11.3 Å². The Bertz CT molecular complexity index is 799. The van der Waals surface area contributed by atoms with Crippen LogP contribution in [0, 0.1) is 0 Å². The third kappa shape index (κ3) is 3.31. The lowest BCUT2D eigenvalue weighted by atomic mass is 10.1. The molecule has 1 N–H and O–H groups in total. The monoisotopic (exact) mass is 340 g/mol. The predicted octanol–water partition coefficient (Wildman–Crippen LogP) is 1.91. The smallest absolute Gasteiger partial charge is 0.273 e. The van der Waals surface area contributed by atoms with E-state index in [9.17, 15) is 13.2 Å². The lowest BCUT2D eigenvalue weighted by Gasteiger charge is -2.08. The second kappa shape index (κ2) is 5.73. The van der Waals surface area contributed by atoms with E-state index in [4.69, 9.17) is 16.1 Å². The van der Waals surface area contributed by atoms with E-state index in [0.717, 1.165) is 5.56 Å². The first-order chi connectivity index (χ1) is 10.4. The Morgan fingerprint density at radius 1 is 1.32 bits per heavy atom. The topological polar surface area (TPSA) is 89.3 Å². The van der Waals surface area contributed by atoms with Gasteiger partial charge in [0.1, 0.15) is 0 Å². The molecule has 3 rings (SSSR count). The standard InChI is InChI=1S/C14H13ClN2O4S/c15-10-3-1-9(2-4-10)13-7-12(17-21-13)14(18)16-11-5-6-22(19,20)8-11/h1-4,7,11H,5-6,8H2,(H,16,18)/t11-/m1/s1. The molecule has 1 aromatic heterocycles. The summed E-state index contributed by atoms with van der Waals surface area (Å²) in [5.41, 5.74) is 0.869. The van der Waals surface area contributed by atoms with Gasteiger partial charge in [-0.2, -0.15) is 0 Å². The van der Waals surface area contributed by atoms with Crippen LogP contribution in [0.5, 0.6) is 0 Å². The summed E-state index contributed by atoms with van der Waals surface area (Å²) in [6, 6.07) is 8.09. The van der Waals surface area contributed by atoms with E-state index in [1.165, 1.54) is 6.07 Å². The van der Waals surface area contributed by atoms with Crippen molar-refractivity contribution in [2.75, 3.05) is 11.5 Å². The largest absolute Gasteiger partial charge is 0.355 e. The molecule has 0 radical (unpaired) electrons. The van der Waals surface area contributed by atoms with Gasteiger partial charge < -0.3 is 9.84 Å². The Balaban J connectivity index is 1.71. The first-order valence-corrected chi connectivity index (χ1v) is 8.87. The third-order valence-corrected chi connectivity index (χ3v) is 5.46. The number of amides is 1. The molecular formula is C14H13ClN2O4S. The van der Waals surface area contributed by atoms with Crippen molar-refractivity contribution in [2.45, 2.75) is 12.5 Å².